The van der Waals surface area contributed by atoms with Gasteiger partial charge in [0.25, 0.3) is 0 Å². The van der Waals surface area contributed by atoms with Gasteiger partial charge in [0.2, 0.25) is 0 Å². The van der Waals surface area contributed by atoms with Crippen LogP contribution in [0.1, 0.15) is 19.4 Å². The summed E-state index contributed by atoms with van der Waals surface area (Å²) in [5.74, 6) is -0.294. The molecule has 0 aliphatic heterocycles. The first-order valence-electron chi connectivity index (χ1n) is 5.25. The van der Waals surface area contributed by atoms with Gasteiger partial charge in [-0.05, 0) is 48.1 Å². The summed E-state index contributed by atoms with van der Waals surface area (Å²) in [6.45, 7) is 3.62. The number of hydrogen-bond donors (Lipinski definition) is 0. The lowest BCUT2D eigenvalue weighted by Gasteiger charge is -2.15. The standard InChI is InChI=1S/C13H14INO2/c1-13(2,8-15)9-17-12(16)7-10-5-3-4-6-11(10)14/h3-6H,7,9H2,1-2H3. The number of nitrogens with zero attached hydrogens (tertiary/aromatic N) is 1. The van der Waals surface area contributed by atoms with Crippen molar-refractivity contribution in [1.82, 2.24) is 0 Å². The highest BCUT2D eigenvalue weighted by molar-refractivity contribution is 14.1. The number of rotatable bonds is 4. The van der Waals surface area contributed by atoms with Gasteiger partial charge in [0.1, 0.15) is 6.61 Å². The van der Waals surface area contributed by atoms with Crippen LogP contribution >= 0.6 is 22.6 Å². The van der Waals surface area contributed by atoms with Gasteiger partial charge in [-0.2, -0.15) is 5.26 Å². The van der Waals surface area contributed by atoms with Crippen LogP contribution in [-0.2, 0) is 16.0 Å². The number of benzene rings is 1. The van der Waals surface area contributed by atoms with Crippen LogP contribution in [-0.4, -0.2) is 12.6 Å². The average molecular weight is 343 g/mol. The lowest BCUT2D eigenvalue weighted by molar-refractivity contribution is -0.144. The van der Waals surface area contributed by atoms with E-state index in [0.717, 1.165) is 9.13 Å². The van der Waals surface area contributed by atoms with E-state index in [1.165, 1.54) is 0 Å². The van der Waals surface area contributed by atoms with Gasteiger partial charge in [0.15, 0.2) is 0 Å². The quantitative estimate of drug-likeness (QED) is 0.624. The van der Waals surface area contributed by atoms with Crippen LogP contribution in [0.2, 0.25) is 0 Å². The minimum atomic E-state index is -0.625. The molecule has 1 aromatic carbocycles. The summed E-state index contributed by atoms with van der Waals surface area (Å²) in [4.78, 5) is 11.6. The summed E-state index contributed by atoms with van der Waals surface area (Å²) >= 11 is 2.19. The molecule has 0 bridgehead atoms. The SMILES string of the molecule is CC(C)(C#N)COC(=O)Cc1ccccc1I. The molecule has 0 aromatic heterocycles. The highest BCUT2D eigenvalue weighted by Crippen LogP contribution is 2.15. The lowest BCUT2D eigenvalue weighted by Crippen LogP contribution is -2.21. The summed E-state index contributed by atoms with van der Waals surface area (Å²) in [5, 5.41) is 8.80. The van der Waals surface area contributed by atoms with E-state index in [1.807, 2.05) is 24.3 Å². The van der Waals surface area contributed by atoms with Gasteiger partial charge in [-0.15, -0.1) is 0 Å². The van der Waals surface area contributed by atoms with Crippen molar-refractivity contribution in [3.8, 4) is 6.07 Å². The number of carbonyl (C=O) groups excluding carboxylic acids is 1. The van der Waals surface area contributed by atoms with Gasteiger partial charge in [0.05, 0.1) is 17.9 Å². The molecule has 0 heterocycles. The molecule has 0 unspecified atom stereocenters. The topological polar surface area (TPSA) is 50.1 Å². The summed E-state index contributed by atoms with van der Waals surface area (Å²) in [7, 11) is 0. The Balaban J connectivity index is 2.52. The van der Waals surface area contributed by atoms with Gasteiger partial charge in [-0.3, -0.25) is 4.79 Å². The second-order valence-corrected chi connectivity index (χ2v) is 5.59. The number of halogens is 1. The van der Waals surface area contributed by atoms with Crippen molar-refractivity contribution in [3.05, 3.63) is 33.4 Å². The monoisotopic (exact) mass is 343 g/mol. The van der Waals surface area contributed by atoms with Crippen molar-refractivity contribution >= 4 is 28.6 Å². The van der Waals surface area contributed by atoms with E-state index in [9.17, 15) is 4.79 Å². The fourth-order valence-electron chi connectivity index (χ4n) is 1.14. The molecule has 90 valence electrons. The lowest BCUT2D eigenvalue weighted by atomic mass is 9.98. The smallest absolute Gasteiger partial charge is 0.310 e. The molecule has 0 saturated carbocycles. The molecule has 0 spiro atoms. The Bertz CT molecular complexity index is 449. The van der Waals surface area contributed by atoms with Crippen molar-refractivity contribution < 1.29 is 9.53 Å². The third-order valence-electron chi connectivity index (χ3n) is 2.19. The second-order valence-electron chi connectivity index (χ2n) is 4.42. The summed E-state index contributed by atoms with van der Waals surface area (Å²) in [6.07, 6.45) is 0.251. The molecule has 4 heteroatoms. The minimum Gasteiger partial charge on any atom is -0.464 e. The molecule has 1 rings (SSSR count). The predicted molar refractivity (Wildman–Crippen MR) is 73.2 cm³/mol. The maximum atomic E-state index is 11.6. The van der Waals surface area contributed by atoms with Crippen LogP contribution < -0.4 is 0 Å². The zero-order valence-corrected chi connectivity index (χ0v) is 12.0. The highest BCUT2D eigenvalue weighted by Gasteiger charge is 2.19. The van der Waals surface area contributed by atoms with E-state index in [0.29, 0.717) is 0 Å². The number of nitriles is 1. The van der Waals surface area contributed by atoms with E-state index < -0.39 is 5.41 Å². The molecular weight excluding hydrogens is 329 g/mol. The first kappa shape index (κ1) is 14.0. The molecule has 0 saturated heterocycles. The van der Waals surface area contributed by atoms with E-state index in [-0.39, 0.29) is 19.0 Å². The first-order chi connectivity index (χ1) is 7.94. The normalized spacial score (nSPS) is 10.7. The number of ether oxygens (including phenoxy) is 1. The Kier molecular flexibility index (Phi) is 4.94. The van der Waals surface area contributed by atoms with Crippen LogP contribution in [0.5, 0.6) is 0 Å². The number of carbonyl (C=O) groups is 1. The van der Waals surface area contributed by atoms with Crippen LogP contribution in [0, 0.1) is 20.3 Å². The highest BCUT2D eigenvalue weighted by atomic mass is 127. The van der Waals surface area contributed by atoms with Crippen LogP contribution in [0.4, 0.5) is 0 Å². The third kappa shape index (κ3) is 4.73. The molecule has 1 aromatic rings. The maximum Gasteiger partial charge on any atom is 0.310 e. The van der Waals surface area contributed by atoms with Gasteiger partial charge in [-0.1, -0.05) is 18.2 Å². The summed E-state index contributed by atoms with van der Waals surface area (Å²) < 4.78 is 6.14. The second kappa shape index (κ2) is 6.01. The molecule has 17 heavy (non-hydrogen) atoms. The van der Waals surface area contributed by atoms with Gasteiger partial charge < -0.3 is 4.74 Å². The Labute approximate surface area is 115 Å². The predicted octanol–water partition coefficient (Wildman–Crippen LogP) is 2.93. The maximum absolute atomic E-state index is 11.6. The molecule has 0 N–H and O–H groups in total. The molecule has 3 nitrogen and oxygen atoms in total. The summed E-state index contributed by atoms with van der Waals surface area (Å²) in [6, 6.07) is 9.76. The van der Waals surface area contributed by atoms with Gasteiger partial charge in [-0.25, -0.2) is 0 Å². The Morgan fingerprint density at radius 1 is 1.47 bits per heavy atom. The fourth-order valence-corrected chi connectivity index (χ4v) is 1.72. The van der Waals surface area contributed by atoms with Crippen molar-refractivity contribution in [2.24, 2.45) is 5.41 Å². The van der Waals surface area contributed by atoms with Crippen molar-refractivity contribution in [3.63, 3.8) is 0 Å². The van der Waals surface area contributed by atoms with Crippen molar-refractivity contribution in [2.45, 2.75) is 20.3 Å². The Morgan fingerprint density at radius 3 is 2.71 bits per heavy atom. The zero-order valence-electron chi connectivity index (χ0n) is 9.87. The summed E-state index contributed by atoms with van der Waals surface area (Å²) in [5.41, 5.74) is 0.326. The van der Waals surface area contributed by atoms with E-state index in [1.54, 1.807) is 13.8 Å². The van der Waals surface area contributed by atoms with E-state index >= 15 is 0 Å². The molecule has 0 radical (unpaired) electrons. The first-order valence-corrected chi connectivity index (χ1v) is 6.33. The third-order valence-corrected chi connectivity index (χ3v) is 3.24. The molecular formula is C13H14INO2. The Morgan fingerprint density at radius 2 is 2.12 bits per heavy atom. The van der Waals surface area contributed by atoms with E-state index in [2.05, 4.69) is 28.7 Å². The van der Waals surface area contributed by atoms with Crippen molar-refractivity contribution in [2.75, 3.05) is 6.61 Å². The van der Waals surface area contributed by atoms with Crippen molar-refractivity contribution in [1.29, 1.82) is 5.26 Å². The van der Waals surface area contributed by atoms with Gasteiger partial charge >= 0.3 is 5.97 Å². The van der Waals surface area contributed by atoms with Crippen LogP contribution in [0.25, 0.3) is 0 Å². The molecule has 0 amide bonds. The minimum absolute atomic E-state index is 0.131. The molecule has 0 fully saturated rings. The fraction of sp³-hybridized carbons (Fsp3) is 0.385. The largest absolute Gasteiger partial charge is 0.464 e. The Hall–Kier alpha value is -1.09. The van der Waals surface area contributed by atoms with Crippen LogP contribution in [0.3, 0.4) is 0 Å². The average Bonchev–Trinajstić information content (AvgIpc) is 2.30. The van der Waals surface area contributed by atoms with Crippen LogP contribution in [0.15, 0.2) is 24.3 Å². The van der Waals surface area contributed by atoms with Gasteiger partial charge in [0, 0.05) is 3.57 Å². The number of esters is 1. The molecule has 0 aliphatic rings. The van der Waals surface area contributed by atoms with E-state index in [4.69, 9.17) is 10.00 Å². The number of hydrogen-bond acceptors (Lipinski definition) is 3. The zero-order chi connectivity index (χ0) is 12.9. The molecule has 0 atom stereocenters. The molecule has 0 aliphatic carbocycles.